The summed E-state index contributed by atoms with van der Waals surface area (Å²) in [4.78, 5) is 14.5. The second-order valence-corrected chi connectivity index (χ2v) is 6.32. The molecule has 0 aromatic carbocycles. The van der Waals surface area contributed by atoms with Crippen molar-refractivity contribution in [1.29, 1.82) is 0 Å². The van der Waals surface area contributed by atoms with Crippen molar-refractivity contribution in [2.45, 2.75) is 51.7 Å². The number of carbonyl (C=O) groups excluding carboxylic acids is 1. The number of hydrogen-bond donors (Lipinski definition) is 1. The van der Waals surface area contributed by atoms with Gasteiger partial charge in [-0.25, -0.2) is 0 Å². The maximum Gasteiger partial charge on any atom is 0.270 e. The van der Waals surface area contributed by atoms with Gasteiger partial charge in [0.25, 0.3) is 5.91 Å². The first-order valence-electron chi connectivity index (χ1n) is 7.30. The summed E-state index contributed by atoms with van der Waals surface area (Å²) in [7, 11) is 0. The van der Waals surface area contributed by atoms with Crippen LogP contribution in [0, 0.1) is 0 Å². The molecule has 112 valence electrons. The number of likely N-dealkylation sites (tertiary alicyclic amines) is 1. The van der Waals surface area contributed by atoms with Crippen molar-refractivity contribution in [1.82, 2.24) is 9.47 Å². The molecule has 1 fully saturated rings. The van der Waals surface area contributed by atoms with Gasteiger partial charge in [-0.2, -0.15) is 0 Å². The van der Waals surface area contributed by atoms with E-state index in [4.69, 9.17) is 11.6 Å². The molecule has 2 heterocycles. The van der Waals surface area contributed by atoms with Crippen molar-refractivity contribution in [2.24, 2.45) is 0 Å². The van der Waals surface area contributed by atoms with E-state index >= 15 is 0 Å². The molecule has 0 saturated carbocycles. The first-order valence-corrected chi connectivity index (χ1v) is 7.68. The highest BCUT2D eigenvalue weighted by atomic mass is 35.5. The molecule has 1 unspecified atom stereocenters. The highest BCUT2D eigenvalue weighted by molar-refractivity contribution is 6.31. The van der Waals surface area contributed by atoms with Crippen LogP contribution in [-0.2, 0) is 6.54 Å². The van der Waals surface area contributed by atoms with Gasteiger partial charge in [0.05, 0.1) is 10.6 Å². The normalized spacial score (nSPS) is 23.7. The molecular formula is C15H23ClN2O2. The van der Waals surface area contributed by atoms with E-state index in [0.717, 1.165) is 25.8 Å². The first kappa shape index (κ1) is 15.4. The lowest BCUT2D eigenvalue weighted by Crippen LogP contribution is -2.34. The van der Waals surface area contributed by atoms with Gasteiger partial charge >= 0.3 is 0 Å². The van der Waals surface area contributed by atoms with Gasteiger partial charge < -0.3 is 14.6 Å². The number of aliphatic hydroxyl groups is 1. The Labute approximate surface area is 125 Å². The molecule has 1 amide bonds. The van der Waals surface area contributed by atoms with Crippen LogP contribution in [0.4, 0.5) is 0 Å². The SMILES string of the molecule is CCCn1cc(Cl)cc1C(=O)N1CCCC(C)(O)CC1. The van der Waals surface area contributed by atoms with Crippen LogP contribution in [0.25, 0.3) is 0 Å². The van der Waals surface area contributed by atoms with Gasteiger partial charge in [0, 0.05) is 25.8 Å². The highest BCUT2D eigenvalue weighted by Crippen LogP contribution is 2.23. The van der Waals surface area contributed by atoms with E-state index in [2.05, 4.69) is 6.92 Å². The molecule has 20 heavy (non-hydrogen) atoms. The number of carbonyl (C=O) groups is 1. The molecule has 0 spiro atoms. The molecule has 2 rings (SSSR count). The van der Waals surface area contributed by atoms with Gasteiger partial charge in [-0.15, -0.1) is 0 Å². The summed E-state index contributed by atoms with van der Waals surface area (Å²) in [6.45, 7) is 6.01. The fraction of sp³-hybridized carbons (Fsp3) is 0.667. The van der Waals surface area contributed by atoms with Crippen molar-refractivity contribution in [3.05, 3.63) is 23.0 Å². The third kappa shape index (κ3) is 3.55. The smallest absolute Gasteiger partial charge is 0.270 e. The van der Waals surface area contributed by atoms with Gasteiger partial charge in [-0.1, -0.05) is 18.5 Å². The molecule has 0 radical (unpaired) electrons. The number of aryl methyl sites for hydroxylation is 1. The second kappa shape index (κ2) is 6.19. The van der Waals surface area contributed by atoms with E-state index in [1.807, 2.05) is 22.6 Å². The molecule has 0 aliphatic carbocycles. The average Bonchev–Trinajstić information content (AvgIpc) is 2.63. The lowest BCUT2D eigenvalue weighted by molar-refractivity contribution is 0.0436. The molecule has 1 aromatic rings. The van der Waals surface area contributed by atoms with E-state index in [1.54, 1.807) is 6.07 Å². The molecule has 1 aromatic heterocycles. The third-order valence-electron chi connectivity index (χ3n) is 3.90. The molecular weight excluding hydrogens is 276 g/mol. The van der Waals surface area contributed by atoms with Crippen LogP contribution in [0.15, 0.2) is 12.3 Å². The van der Waals surface area contributed by atoms with Crippen LogP contribution in [0.5, 0.6) is 0 Å². The van der Waals surface area contributed by atoms with Crippen LogP contribution in [-0.4, -0.2) is 39.2 Å². The minimum absolute atomic E-state index is 0.0167. The largest absolute Gasteiger partial charge is 0.390 e. The zero-order chi connectivity index (χ0) is 14.8. The van der Waals surface area contributed by atoms with E-state index in [1.165, 1.54) is 0 Å². The van der Waals surface area contributed by atoms with Crippen molar-refractivity contribution in [3.63, 3.8) is 0 Å². The van der Waals surface area contributed by atoms with Crippen molar-refractivity contribution in [2.75, 3.05) is 13.1 Å². The lowest BCUT2D eigenvalue weighted by atomic mass is 9.98. The fourth-order valence-corrected chi connectivity index (χ4v) is 2.93. The summed E-state index contributed by atoms with van der Waals surface area (Å²) in [6.07, 6.45) is 4.97. The Bertz CT molecular complexity index is 482. The Morgan fingerprint density at radius 2 is 2.20 bits per heavy atom. The number of halogens is 1. The summed E-state index contributed by atoms with van der Waals surface area (Å²) >= 11 is 6.03. The van der Waals surface area contributed by atoms with E-state index < -0.39 is 5.60 Å². The molecule has 4 nitrogen and oxygen atoms in total. The van der Waals surface area contributed by atoms with Crippen LogP contribution >= 0.6 is 11.6 Å². The Hall–Kier alpha value is -1.00. The van der Waals surface area contributed by atoms with Gasteiger partial charge in [0.15, 0.2) is 0 Å². The number of hydrogen-bond acceptors (Lipinski definition) is 2. The van der Waals surface area contributed by atoms with Crippen molar-refractivity contribution in [3.8, 4) is 0 Å². The second-order valence-electron chi connectivity index (χ2n) is 5.88. The van der Waals surface area contributed by atoms with Crippen molar-refractivity contribution >= 4 is 17.5 Å². The van der Waals surface area contributed by atoms with Gasteiger partial charge in [0.1, 0.15) is 5.69 Å². The zero-order valence-electron chi connectivity index (χ0n) is 12.2. The number of rotatable bonds is 3. The van der Waals surface area contributed by atoms with Crippen LogP contribution in [0.1, 0.15) is 50.0 Å². The van der Waals surface area contributed by atoms with Crippen LogP contribution < -0.4 is 0 Å². The predicted octanol–water partition coefficient (Wildman–Crippen LogP) is 2.93. The van der Waals surface area contributed by atoms with Crippen LogP contribution in [0.2, 0.25) is 5.02 Å². The Morgan fingerprint density at radius 1 is 1.45 bits per heavy atom. The standard InChI is InChI=1S/C15H23ClN2O2/c1-3-7-18-11-12(16)10-13(18)14(19)17-8-4-5-15(2,20)6-9-17/h10-11,20H,3-9H2,1-2H3. The van der Waals surface area contributed by atoms with Crippen molar-refractivity contribution < 1.29 is 9.90 Å². The Morgan fingerprint density at radius 3 is 2.90 bits per heavy atom. The summed E-state index contributed by atoms with van der Waals surface area (Å²) in [5, 5.41) is 10.7. The number of nitrogens with zero attached hydrogens (tertiary/aromatic N) is 2. The first-order chi connectivity index (χ1) is 9.43. The van der Waals surface area contributed by atoms with Gasteiger partial charge in [-0.05, 0) is 38.7 Å². The minimum Gasteiger partial charge on any atom is -0.390 e. The molecule has 1 N–H and O–H groups in total. The number of aromatic nitrogens is 1. The monoisotopic (exact) mass is 298 g/mol. The number of amides is 1. The Kier molecular flexibility index (Phi) is 4.76. The van der Waals surface area contributed by atoms with Gasteiger partial charge in [0.2, 0.25) is 0 Å². The topological polar surface area (TPSA) is 45.5 Å². The van der Waals surface area contributed by atoms with E-state index in [0.29, 0.717) is 30.2 Å². The summed E-state index contributed by atoms with van der Waals surface area (Å²) < 4.78 is 1.92. The quantitative estimate of drug-likeness (QED) is 0.932. The third-order valence-corrected chi connectivity index (χ3v) is 4.10. The fourth-order valence-electron chi connectivity index (χ4n) is 2.71. The molecule has 0 bridgehead atoms. The van der Waals surface area contributed by atoms with Crippen LogP contribution in [0.3, 0.4) is 0 Å². The highest BCUT2D eigenvalue weighted by Gasteiger charge is 2.28. The van der Waals surface area contributed by atoms with E-state index in [-0.39, 0.29) is 5.91 Å². The predicted molar refractivity (Wildman–Crippen MR) is 80.1 cm³/mol. The Balaban J connectivity index is 2.14. The summed E-state index contributed by atoms with van der Waals surface area (Å²) in [5.74, 6) is 0.0167. The van der Waals surface area contributed by atoms with Gasteiger partial charge in [-0.3, -0.25) is 4.79 Å². The maximum atomic E-state index is 12.6. The molecule has 1 aliphatic rings. The van der Waals surface area contributed by atoms with E-state index in [9.17, 15) is 9.90 Å². The zero-order valence-corrected chi connectivity index (χ0v) is 13.0. The minimum atomic E-state index is -0.655. The lowest BCUT2D eigenvalue weighted by Gasteiger charge is -2.23. The molecule has 1 atom stereocenters. The maximum absolute atomic E-state index is 12.6. The summed E-state index contributed by atoms with van der Waals surface area (Å²) in [5.41, 5.74) is -0.00339. The molecule has 1 aliphatic heterocycles. The average molecular weight is 299 g/mol. The molecule has 1 saturated heterocycles. The molecule has 5 heteroatoms. The summed E-state index contributed by atoms with van der Waals surface area (Å²) in [6, 6.07) is 1.74.